The molecule has 3 heterocycles. The predicted octanol–water partition coefficient (Wildman–Crippen LogP) is 0.473. The first kappa shape index (κ1) is 41.7. The largest absolute Gasteiger partial charge is 1.00 e. The van der Waals surface area contributed by atoms with Gasteiger partial charge in [0.25, 0.3) is 5.56 Å². The first-order chi connectivity index (χ1) is 26.0. The zero-order valence-corrected chi connectivity index (χ0v) is 34.3. The summed E-state index contributed by atoms with van der Waals surface area (Å²) < 4.78 is 31.9. The van der Waals surface area contributed by atoms with Gasteiger partial charge in [0, 0.05) is 18.3 Å². The van der Waals surface area contributed by atoms with Crippen LogP contribution in [0, 0.1) is 5.92 Å². The Bertz CT molecular complexity index is 2110. The van der Waals surface area contributed by atoms with Gasteiger partial charge in [-0.15, -0.1) is 0 Å². The molecular weight excluding hydrogens is 738 g/mol. The number of carbonyl (C=O) groups excluding carboxylic acids is 3. The molecule has 1 fully saturated rings. The molecule has 282 valence electrons. The van der Waals surface area contributed by atoms with Gasteiger partial charge in [0.05, 0.1) is 33.1 Å². The zero-order chi connectivity index (χ0) is 38.4. The molecule has 0 saturated carbocycles. The van der Waals surface area contributed by atoms with E-state index in [9.17, 15) is 24.3 Å². The van der Waals surface area contributed by atoms with Crippen LogP contribution in [0.3, 0.4) is 0 Å². The van der Waals surface area contributed by atoms with E-state index >= 15 is 0 Å². The first-order valence-electron chi connectivity index (χ1n) is 17.3. The molecule has 6 rings (SSSR count). The van der Waals surface area contributed by atoms with Crippen LogP contribution in [0.4, 0.5) is 5.95 Å². The van der Waals surface area contributed by atoms with Gasteiger partial charge in [-0.05, 0) is 47.4 Å². The Balaban J connectivity index is 0.00000580. The molecule has 1 saturated heterocycles. The fourth-order valence-electron chi connectivity index (χ4n) is 6.31. The van der Waals surface area contributed by atoms with Gasteiger partial charge < -0.3 is 33.6 Å². The van der Waals surface area contributed by atoms with Crippen molar-refractivity contribution in [2.24, 2.45) is 5.92 Å². The van der Waals surface area contributed by atoms with Crippen molar-refractivity contribution in [3.8, 4) is 11.5 Å². The number of imidazole rings is 1. The van der Waals surface area contributed by atoms with E-state index in [1.54, 1.807) is 32.6 Å². The Morgan fingerprint density at radius 3 is 2.11 bits per heavy atom. The molecule has 16 heteroatoms. The van der Waals surface area contributed by atoms with Crippen molar-refractivity contribution in [1.82, 2.24) is 19.5 Å². The normalized spacial score (nSPS) is 16.7. The fraction of sp³-hybridized carbons (Fsp3) is 0.333. The number of hydrogen-bond acceptors (Lipinski definition) is 12. The number of aromatic nitrogens is 4. The third kappa shape index (κ3) is 9.35. The third-order valence-electron chi connectivity index (χ3n) is 9.13. The second-order valence-corrected chi connectivity index (χ2v) is 13.0. The monoisotopic (exact) mass is 777 g/mol. The van der Waals surface area contributed by atoms with Crippen molar-refractivity contribution in [3.63, 3.8) is 0 Å². The van der Waals surface area contributed by atoms with E-state index < -0.39 is 48.0 Å². The molecule has 2 aromatic heterocycles. The number of anilines is 1. The van der Waals surface area contributed by atoms with Crippen molar-refractivity contribution in [3.05, 3.63) is 112 Å². The molecule has 2 N–H and O–H groups in total. The molecule has 1 amide bonds. The van der Waals surface area contributed by atoms with E-state index in [1.165, 1.54) is 6.33 Å². The number of methoxy groups -OCH3 is 2. The van der Waals surface area contributed by atoms with E-state index in [2.05, 4.69) is 20.3 Å². The number of aromatic amines is 1. The van der Waals surface area contributed by atoms with Crippen LogP contribution in [-0.2, 0) is 34.2 Å². The summed E-state index contributed by atoms with van der Waals surface area (Å²) >= 11 is 0. The number of aliphatic carboxylic acids is 1. The molecule has 0 spiro atoms. The van der Waals surface area contributed by atoms with E-state index in [0.29, 0.717) is 11.5 Å². The maximum absolute atomic E-state index is 13.0. The third-order valence-corrected chi connectivity index (χ3v) is 9.13. The van der Waals surface area contributed by atoms with E-state index in [4.69, 9.17) is 23.7 Å². The van der Waals surface area contributed by atoms with Gasteiger partial charge in [-0.2, -0.15) is 4.98 Å². The number of nitrogens with zero attached hydrogens (tertiary/aromatic N) is 3. The summed E-state index contributed by atoms with van der Waals surface area (Å²) in [5, 5.41) is 13.7. The molecule has 3 atom stereocenters. The predicted molar refractivity (Wildman–Crippen MR) is 193 cm³/mol. The molecule has 3 aromatic carbocycles. The molecule has 0 aliphatic carbocycles. The number of fused-ring (bicyclic) bond motifs is 1. The Labute approximate surface area is 359 Å². The molecule has 5 aromatic rings. The SMILES string of the molecule is COc1ccc(C(O[C@H]2C[C@H](n3cnc4c(=O)[nH]c(NC(=O)C(C)C)nc43)O[C@@H]2COC(=O)CCC(=O)[O-])(c2ccccc2)c2ccc(OC)cc2)cc1.[K+]. The van der Waals surface area contributed by atoms with Gasteiger partial charge in [-0.3, -0.25) is 29.3 Å². The molecule has 0 unspecified atom stereocenters. The Hall–Kier alpha value is -4.42. The zero-order valence-electron chi connectivity index (χ0n) is 31.1. The minimum Gasteiger partial charge on any atom is -0.550 e. The smallest absolute Gasteiger partial charge is 0.550 e. The number of H-pyrrole nitrogens is 1. The van der Waals surface area contributed by atoms with Crippen molar-refractivity contribution < 1.29 is 94.6 Å². The minimum absolute atomic E-state index is 0. The average molecular weight is 778 g/mol. The van der Waals surface area contributed by atoms with Crippen LogP contribution in [0.15, 0.2) is 90.0 Å². The van der Waals surface area contributed by atoms with Crippen LogP contribution in [0.25, 0.3) is 11.2 Å². The molecule has 1 aliphatic rings. The maximum Gasteiger partial charge on any atom is 1.00 e. The molecule has 0 radical (unpaired) electrons. The number of carboxylic acid groups (broad SMARTS) is 1. The average Bonchev–Trinajstić information content (AvgIpc) is 3.79. The van der Waals surface area contributed by atoms with Crippen molar-refractivity contribution in [1.29, 1.82) is 0 Å². The Morgan fingerprint density at radius 1 is 0.945 bits per heavy atom. The summed E-state index contributed by atoms with van der Waals surface area (Å²) in [6.45, 7) is 3.13. The van der Waals surface area contributed by atoms with Crippen LogP contribution < -0.4 is 76.8 Å². The number of ether oxygens (including phenoxy) is 5. The Kier molecular flexibility index (Phi) is 14.0. The van der Waals surface area contributed by atoms with Gasteiger partial charge in [0.15, 0.2) is 11.2 Å². The fourth-order valence-corrected chi connectivity index (χ4v) is 6.31. The first-order valence-corrected chi connectivity index (χ1v) is 17.3. The quantitative estimate of drug-likeness (QED) is 0.0849. The molecule has 55 heavy (non-hydrogen) atoms. The second-order valence-electron chi connectivity index (χ2n) is 13.0. The molecular formula is C39H40KN5O10. The maximum atomic E-state index is 13.0. The number of benzene rings is 3. The summed E-state index contributed by atoms with van der Waals surface area (Å²) in [5.41, 5.74) is 0.600. The second kappa shape index (κ2) is 18.5. The van der Waals surface area contributed by atoms with Gasteiger partial charge in [0.1, 0.15) is 36.0 Å². The van der Waals surface area contributed by atoms with E-state index in [0.717, 1.165) is 16.7 Å². The topological polar surface area (TPSA) is 196 Å². The van der Waals surface area contributed by atoms with Crippen LogP contribution >= 0.6 is 0 Å². The minimum atomic E-state index is -1.38. The summed E-state index contributed by atoms with van der Waals surface area (Å²) in [7, 11) is 3.16. The van der Waals surface area contributed by atoms with E-state index in [1.807, 2.05) is 78.9 Å². The number of carboxylic acids is 1. The van der Waals surface area contributed by atoms with Gasteiger partial charge in [0.2, 0.25) is 11.9 Å². The van der Waals surface area contributed by atoms with Crippen LogP contribution in [0.5, 0.6) is 11.5 Å². The van der Waals surface area contributed by atoms with Gasteiger partial charge in [-0.25, -0.2) is 4.98 Å². The standard InChI is InChI=1S/C39H41N5O10.K/c1-23(2)36(48)42-38-41-35-34(37(49)43-38)40-22-44(35)31-20-29(30(53-31)21-52-33(47)19-18-32(45)46)54-39(24-8-6-5-7-9-24,25-10-14-27(50-3)15-11-25)26-12-16-28(51-4)17-13-26;/h5-17,22-23,29-31H,18-21H2,1-4H3,(H,45,46)(H2,41,42,43,48,49);/q;+1/p-1/t29-,30+,31+;/m0./s1. The van der Waals surface area contributed by atoms with Crippen LogP contribution in [0.1, 0.15) is 56.0 Å². The summed E-state index contributed by atoms with van der Waals surface area (Å²) in [6.07, 6.45) is -1.86. The number of carbonyl (C=O) groups is 3. The van der Waals surface area contributed by atoms with Crippen LogP contribution in [0.2, 0.25) is 0 Å². The molecule has 15 nitrogen and oxygen atoms in total. The summed E-state index contributed by atoms with van der Waals surface area (Å²) in [6, 6.07) is 24.6. The van der Waals surface area contributed by atoms with Crippen molar-refractivity contribution in [2.75, 3.05) is 26.1 Å². The number of amides is 1. The molecule has 1 aliphatic heterocycles. The van der Waals surface area contributed by atoms with Crippen LogP contribution in [-0.4, -0.2) is 70.4 Å². The molecule has 0 bridgehead atoms. The van der Waals surface area contributed by atoms with Gasteiger partial charge in [-0.1, -0.05) is 68.4 Å². The Morgan fingerprint density at radius 2 is 1.55 bits per heavy atom. The number of esters is 1. The number of rotatable bonds is 15. The summed E-state index contributed by atoms with van der Waals surface area (Å²) in [5.74, 6) is -1.63. The van der Waals surface area contributed by atoms with Crippen molar-refractivity contribution in [2.45, 2.75) is 57.1 Å². The van der Waals surface area contributed by atoms with Gasteiger partial charge >= 0.3 is 57.4 Å². The van der Waals surface area contributed by atoms with E-state index in [-0.39, 0.29) is 99.8 Å². The number of hydrogen-bond donors (Lipinski definition) is 2. The van der Waals surface area contributed by atoms with Crippen molar-refractivity contribution >= 4 is 35.0 Å². The number of nitrogens with one attached hydrogen (secondary N) is 2. The summed E-state index contributed by atoms with van der Waals surface area (Å²) in [4.78, 5) is 60.5.